The van der Waals surface area contributed by atoms with E-state index in [0.29, 0.717) is 22.3 Å². The molecule has 20 heavy (non-hydrogen) atoms. The van der Waals surface area contributed by atoms with Gasteiger partial charge in [0, 0.05) is 18.9 Å². The van der Waals surface area contributed by atoms with Crippen molar-refractivity contribution in [2.45, 2.75) is 13.0 Å². The van der Waals surface area contributed by atoms with Gasteiger partial charge in [0.05, 0.1) is 24.2 Å². The van der Waals surface area contributed by atoms with Crippen molar-refractivity contribution in [1.82, 2.24) is 9.80 Å². The number of carbonyl (C=O) groups is 1. The van der Waals surface area contributed by atoms with Gasteiger partial charge in [0.15, 0.2) is 0 Å². The van der Waals surface area contributed by atoms with Crippen LogP contribution in [0.1, 0.15) is 6.92 Å². The molecule has 0 aromatic carbocycles. The third kappa shape index (κ3) is 3.12. The number of aliphatic hydroxyl groups excluding tert-OH is 2. The van der Waals surface area contributed by atoms with Crippen molar-refractivity contribution in [3.8, 4) is 0 Å². The Morgan fingerprint density at radius 3 is 2.55 bits per heavy atom. The van der Waals surface area contributed by atoms with Crippen LogP contribution in [0.4, 0.5) is 0 Å². The maximum atomic E-state index is 12.2. The lowest BCUT2D eigenvalue weighted by Crippen LogP contribution is -2.28. The highest BCUT2D eigenvalue weighted by molar-refractivity contribution is 8.26. The van der Waals surface area contributed by atoms with Crippen LogP contribution < -0.4 is 0 Å². The van der Waals surface area contributed by atoms with E-state index in [1.165, 1.54) is 11.8 Å². The summed E-state index contributed by atoms with van der Waals surface area (Å²) in [6.45, 7) is 2.50. The summed E-state index contributed by atoms with van der Waals surface area (Å²) in [6.07, 6.45) is 6.38. The van der Waals surface area contributed by atoms with E-state index in [-0.39, 0.29) is 12.5 Å². The van der Waals surface area contributed by atoms with Crippen LogP contribution in [0.5, 0.6) is 0 Å². The van der Waals surface area contributed by atoms with Crippen molar-refractivity contribution in [1.29, 1.82) is 0 Å². The van der Waals surface area contributed by atoms with E-state index < -0.39 is 6.10 Å². The van der Waals surface area contributed by atoms with Crippen LogP contribution in [-0.4, -0.2) is 56.0 Å². The average molecular weight is 312 g/mol. The van der Waals surface area contributed by atoms with Gasteiger partial charge in [0.2, 0.25) is 0 Å². The zero-order valence-electron chi connectivity index (χ0n) is 11.0. The number of β-amino-alcohol motifs (C(OH)–C–C–N with tert-alkyl or cyclic N) is 1. The van der Waals surface area contributed by atoms with E-state index in [1.807, 2.05) is 19.1 Å². The molecular weight excluding hydrogens is 296 g/mol. The van der Waals surface area contributed by atoms with E-state index in [4.69, 9.17) is 17.3 Å². The number of thioether (sulfide) groups is 1. The molecule has 5 nitrogen and oxygen atoms in total. The van der Waals surface area contributed by atoms with Gasteiger partial charge in [-0.1, -0.05) is 24.0 Å². The summed E-state index contributed by atoms with van der Waals surface area (Å²) < 4.78 is 0.583. The molecule has 0 spiro atoms. The van der Waals surface area contributed by atoms with Gasteiger partial charge in [-0.15, -0.1) is 0 Å². The Balaban J connectivity index is 2.12. The summed E-state index contributed by atoms with van der Waals surface area (Å²) in [6, 6.07) is 0. The van der Waals surface area contributed by atoms with Crippen LogP contribution >= 0.6 is 24.0 Å². The van der Waals surface area contributed by atoms with E-state index in [1.54, 1.807) is 22.2 Å². The zero-order chi connectivity index (χ0) is 14.7. The third-order valence-corrected chi connectivity index (χ3v) is 4.43. The average Bonchev–Trinajstić information content (AvgIpc) is 2.74. The number of allylic oxidation sites excluding steroid dienone is 3. The normalized spacial score (nSPS) is 20.4. The predicted molar refractivity (Wildman–Crippen MR) is 82.7 cm³/mol. The summed E-state index contributed by atoms with van der Waals surface area (Å²) in [5, 5.41) is 18.2. The van der Waals surface area contributed by atoms with Crippen molar-refractivity contribution >= 4 is 34.2 Å². The van der Waals surface area contributed by atoms with Gasteiger partial charge in [-0.05, 0) is 24.6 Å². The van der Waals surface area contributed by atoms with E-state index in [9.17, 15) is 9.90 Å². The molecule has 1 fully saturated rings. The fourth-order valence-electron chi connectivity index (χ4n) is 1.88. The highest BCUT2D eigenvalue weighted by Gasteiger charge is 2.32. The fourth-order valence-corrected chi connectivity index (χ4v) is 3.29. The van der Waals surface area contributed by atoms with Gasteiger partial charge in [0.25, 0.3) is 5.91 Å². The van der Waals surface area contributed by atoms with Gasteiger partial charge in [0.1, 0.15) is 4.32 Å². The first-order valence-corrected chi connectivity index (χ1v) is 7.48. The molecule has 2 aliphatic rings. The molecule has 0 saturated carbocycles. The SMILES string of the molecule is CCN1C(=O)C(=C2C=CN(CC(O)CO)C=C2)SC1=S. The number of amides is 1. The van der Waals surface area contributed by atoms with Crippen LogP contribution in [0.25, 0.3) is 0 Å². The monoisotopic (exact) mass is 312 g/mol. The molecular formula is C13H16N2O3S2. The standard InChI is InChI=1S/C13H16N2O3S2/c1-2-15-12(18)11(20-13(15)19)9-3-5-14(6-4-9)7-10(17)8-16/h3-6,10,16-17H,2,7-8H2,1H3. The number of likely N-dealkylation sites (N-methyl/N-ethyl adjacent to an activating group) is 1. The Morgan fingerprint density at radius 2 is 2.05 bits per heavy atom. The number of hydrogen-bond acceptors (Lipinski definition) is 6. The second-order valence-electron chi connectivity index (χ2n) is 4.37. The molecule has 0 aliphatic carbocycles. The number of carbonyl (C=O) groups excluding carboxylic acids is 1. The van der Waals surface area contributed by atoms with E-state index >= 15 is 0 Å². The number of thiocarbonyl (C=S) groups is 1. The minimum absolute atomic E-state index is 0.0596. The number of hydrogen-bond donors (Lipinski definition) is 2. The number of rotatable bonds is 4. The van der Waals surface area contributed by atoms with E-state index in [2.05, 4.69) is 0 Å². The molecule has 1 saturated heterocycles. The Kier molecular flexibility index (Phi) is 4.98. The summed E-state index contributed by atoms with van der Waals surface area (Å²) in [4.78, 5) is 16.1. The number of aliphatic hydroxyl groups is 2. The molecule has 0 bridgehead atoms. The molecule has 0 aromatic heterocycles. The lowest BCUT2D eigenvalue weighted by atomic mass is 10.2. The molecule has 2 rings (SSSR count). The van der Waals surface area contributed by atoms with Crippen molar-refractivity contribution in [3.63, 3.8) is 0 Å². The highest BCUT2D eigenvalue weighted by Crippen LogP contribution is 2.34. The molecule has 0 radical (unpaired) electrons. The second kappa shape index (κ2) is 6.53. The summed E-state index contributed by atoms with van der Waals surface area (Å²) in [7, 11) is 0. The molecule has 108 valence electrons. The quantitative estimate of drug-likeness (QED) is 0.592. The summed E-state index contributed by atoms with van der Waals surface area (Å²) in [5.41, 5.74) is 0.813. The lowest BCUT2D eigenvalue weighted by molar-refractivity contribution is -0.122. The van der Waals surface area contributed by atoms with Crippen LogP contribution in [0.15, 0.2) is 35.0 Å². The summed E-state index contributed by atoms with van der Waals surface area (Å²) in [5.74, 6) is -0.0596. The molecule has 2 N–H and O–H groups in total. The van der Waals surface area contributed by atoms with Crippen LogP contribution in [0, 0.1) is 0 Å². The zero-order valence-corrected chi connectivity index (χ0v) is 12.7. The van der Waals surface area contributed by atoms with Gasteiger partial charge in [-0.2, -0.15) is 0 Å². The Morgan fingerprint density at radius 1 is 1.40 bits per heavy atom. The molecule has 2 aliphatic heterocycles. The minimum atomic E-state index is -0.788. The van der Waals surface area contributed by atoms with Gasteiger partial charge >= 0.3 is 0 Å². The van der Waals surface area contributed by atoms with Gasteiger partial charge in [-0.3, -0.25) is 9.69 Å². The van der Waals surface area contributed by atoms with Crippen molar-refractivity contribution < 1.29 is 15.0 Å². The van der Waals surface area contributed by atoms with Crippen LogP contribution in [0.2, 0.25) is 0 Å². The topological polar surface area (TPSA) is 64.0 Å². The predicted octanol–water partition coefficient (Wildman–Crippen LogP) is 0.817. The maximum absolute atomic E-state index is 12.2. The summed E-state index contributed by atoms with van der Waals surface area (Å²) >= 11 is 6.48. The van der Waals surface area contributed by atoms with Gasteiger partial charge < -0.3 is 15.1 Å². The first-order valence-electron chi connectivity index (χ1n) is 6.25. The maximum Gasteiger partial charge on any atom is 0.266 e. The van der Waals surface area contributed by atoms with Crippen LogP contribution in [0.3, 0.4) is 0 Å². The molecule has 0 aromatic rings. The minimum Gasteiger partial charge on any atom is -0.394 e. The highest BCUT2D eigenvalue weighted by atomic mass is 32.2. The molecule has 1 unspecified atom stereocenters. The fraction of sp³-hybridized carbons (Fsp3) is 0.385. The van der Waals surface area contributed by atoms with Gasteiger partial charge in [-0.25, -0.2) is 0 Å². The lowest BCUT2D eigenvalue weighted by Gasteiger charge is -2.21. The Bertz CT molecular complexity index is 498. The Hall–Kier alpha value is -1.15. The second-order valence-corrected chi connectivity index (χ2v) is 6.01. The third-order valence-electron chi connectivity index (χ3n) is 2.95. The molecule has 2 heterocycles. The first kappa shape index (κ1) is 15.2. The smallest absolute Gasteiger partial charge is 0.266 e. The largest absolute Gasteiger partial charge is 0.394 e. The number of nitrogens with zero attached hydrogens (tertiary/aromatic N) is 2. The van der Waals surface area contributed by atoms with Crippen molar-refractivity contribution in [3.05, 3.63) is 35.0 Å². The Labute approximate surface area is 127 Å². The van der Waals surface area contributed by atoms with Crippen molar-refractivity contribution in [2.75, 3.05) is 19.7 Å². The molecule has 1 amide bonds. The van der Waals surface area contributed by atoms with Crippen molar-refractivity contribution in [2.24, 2.45) is 0 Å². The molecule has 1 atom stereocenters. The first-order chi connectivity index (χ1) is 9.56. The molecule has 7 heteroatoms. The van der Waals surface area contributed by atoms with E-state index in [0.717, 1.165) is 5.57 Å². The van der Waals surface area contributed by atoms with Crippen LogP contribution in [-0.2, 0) is 4.79 Å².